The van der Waals surface area contributed by atoms with Crippen LogP contribution in [0.2, 0.25) is 0 Å². The van der Waals surface area contributed by atoms with E-state index in [0.717, 1.165) is 12.2 Å². The second-order valence-electron chi connectivity index (χ2n) is 4.23. The highest BCUT2D eigenvalue weighted by Crippen LogP contribution is 2.18. The molecule has 0 aromatic carbocycles. The lowest BCUT2D eigenvalue weighted by Gasteiger charge is -2.24. The van der Waals surface area contributed by atoms with Crippen LogP contribution in [0.5, 0.6) is 0 Å². The number of carbonyl (C=O) groups excluding carboxylic acids is 1. The summed E-state index contributed by atoms with van der Waals surface area (Å²) in [7, 11) is 0. The van der Waals surface area contributed by atoms with Gasteiger partial charge in [-0.1, -0.05) is 0 Å². The van der Waals surface area contributed by atoms with Crippen LogP contribution >= 0.6 is 11.8 Å². The van der Waals surface area contributed by atoms with E-state index in [-0.39, 0.29) is 17.9 Å². The van der Waals surface area contributed by atoms with Crippen molar-refractivity contribution in [1.29, 1.82) is 0 Å². The van der Waals surface area contributed by atoms with Gasteiger partial charge in [0.15, 0.2) is 0 Å². The lowest BCUT2D eigenvalue weighted by molar-refractivity contribution is -0.125. The SMILES string of the molecule is NC1COCC1C(=O)NC1CCCSC1. The van der Waals surface area contributed by atoms with Crippen LogP contribution in [0.25, 0.3) is 0 Å². The normalized spacial score (nSPS) is 36.5. The van der Waals surface area contributed by atoms with E-state index in [2.05, 4.69) is 5.32 Å². The minimum absolute atomic E-state index is 0.0764. The maximum atomic E-state index is 11.8. The van der Waals surface area contributed by atoms with Crippen molar-refractivity contribution in [3.05, 3.63) is 0 Å². The van der Waals surface area contributed by atoms with E-state index in [1.54, 1.807) is 0 Å². The molecule has 2 saturated heterocycles. The number of rotatable bonds is 2. The van der Waals surface area contributed by atoms with Crippen molar-refractivity contribution in [1.82, 2.24) is 5.32 Å². The Kier molecular flexibility index (Phi) is 3.88. The van der Waals surface area contributed by atoms with Crippen LogP contribution in [-0.4, -0.2) is 42.7 Å². The molecule has 15 heavy (non-hydrogen) atoms. The predicted octanol–water partition coefficient (Wildman–Crippen LogP) is -0.0281. The number of hydrogen-bond donors (Lipinski definition) is 2. The third kappa shape index (κ3) is 2.86. The number of amides is 1. The zero-order valence-corrected chi connectivity index (χ0v) is 9.59. The molecule has 86 valence electrons. The summed E-state index contributed by atoms with van der Waals surface area (Å²) in [6.45, 7) is 0.990. The molecular formula is C10H18N2O2S. The molecule has 0 aromatic heterocycles. The first kappa shape index (κ1) is 11.2. The van der Waals surface area contributed by atoms with Gasteiger partial charge in [0.2, 0.25) is 5.91 Å². The molecule has 3 N–H and O–H groups in total. The third-order valence-electron chi connectivity index (χ3n) is 2.97. The maximum Gasteiger partial charge on any atom is 0.227 e. The van der Waals surface area contributed by atoms with Gasteiger partial charge in [-0.3, -0.25) is 4.79 Å². The Morgan fingerprint density at radius 1 is 1.47 bits per heavy atom. The minimum Gasteiger partial charge on any atom is -0.379 e. The zero-order chi connectivity index (χ0) is 10.7. The molecule has 4 nitrogen and oxygen atoms in total. The van der Waals surface area contributed by atoms with E-state index in [1.165, 1.54) is 12.2 Å². The van der Waals surface area contributed by atoms with Gasteiger partial charge in [0, 0.05) is 17.8 Å². The number of hydrogen-bond acceptors (Lipinski definition) is 4. The summed E-state index contributed by atoms with van der Waals surface area (Å²) in [4.78, 5) is 11.8. The highest BCUT2D eigenvalue weighted by atomic mass is 32.2. The van der Waals surface area contributed by atoms with Crippen LogP contribution in [0, 0.1) is 5.92 Å². The van der Waals surface area contributed by atoms with E-state index >= 15 is 0 Å². The van der Waals surface area contributed by atoms with Gasteiger partial charge in [-0.15, -0.1) is 0 Å². The van der Waals surface area contributed by atoms with Crippen LogP contribution in [-0.2, 0) is 9.53 Å². The van der Waals surface area contributed by atoms with Crippen LogP contribution < -0.4 is 11.1 Å². The summed E-state index contributed by atoms with van der Waals surface area (Å²) < 4.78 is 5.19. The van der Waals surface area contributed by atoms with Gasteiger partial charge in [-0.05, 0) is 18.6 Å². The Bertz CT molecular complexity index is 231. The Morgan fingerprint density at radius 3 is 2.93 bits per heavy atom. The third-order valence-corrected chi connectivity index (χ3v) is 4.18. The lowest BCUT2D eigenvalue weighted by Crippen LogP contribution is -2.46. The monoisotopic (exact) mass is 230 g/mol. The zero-order valence-electron chi connectivity index (χ0n) is 8.78. The molecular weight excluding hydrogens is 212 g/mol. The van der Waals surface area contributed by atoms with Crippen LogP contribution in [0.3, 0.4) is 0 Å². The Labute approximate surface area is 94.3 Å². The fraction of sp³-hybridized carbons (Fsp3) is 0.900. The van der Waals surface area contributed by atoms with Crippen molar-refractivity contribution < 1.29 is 9.53 Å². The van der Waals surface area contributed by atoms with E-state index in [9.17, 15) is 4.79 Å². The summed E-state index contributed by atoms with van der Waals surface area (Å²) in [5.74, 6) is 2.19. The average Bonchev–Trinajstić information content (AvgIpc) is 2.66. The number of ether oxygens (including phenoxy) is 1. The highest BCUT2D eigenvalue weighted by Gasteiger charge is 2.32. The van der Waals surface area contributed by atoms with Gasteiger partial charge in [0.1, 0.15) is 0 Å². The van der Waals surface area contributed by atoms with Gasteiger partial charge < -0.3 is 15.8 Å². The molecule has 2 aliphatic rings. The molecule has 2 rings (SSSR count). The smallest absolute Gasteiger partial charge is 0.227 e. The summed E-state index contributed by atoms with van der Waals surface area (Å²) in [5, 5.41) is 3.07. The molecule has 2 heterocycles. The van der Waals surface area contributed by atoms with Gasteiger partial charge in [-0.25, -0.2) is 0 Å². The molecule has 0 radical (unpaired) electrons. The highest BCUT2D eigenvalue weighted by molar-refractivity contribution is 7.99. The van der Waals surface area contributed by atoms with Gasteiger partial charge in [0.05, 0.1) is 19.1 Å². The van der Waals surface area contributed by atoms with Gasteiger partial charge in [-0.2, -0.15) is 11.8 Å². The predicted molar refractivity (Wildman–Crippen MR) is 60.8 cm³/mol. The summed E-state index contributed by atoms with van der Waals surface area (Å²) in [5.41, 5.74) is 5.79. The molecule has 0 spiro atoms. The molecule has 5 heteroatoms. The van der Waals surface area contributed by atoms with E-state index in [4.69, 9.17) is 10.5 Å². The number of nitrogens with two attached hydrogens (primary N) is 1. The largest absolute Gasteiger partial charge is 0.379 e. The topological polar surface area (TPSA) is 64.3 Å². The van der Waals surface area contributed by atoms with Crippen molar-refractivity contribution in [2.45, 2.75) is 24.9 Å². The van der Waals surface area contributed by atoms with Gasteiger partial charge >= 0.3 is 0 Å². The molecule has 0 saturated carbocycles. The van der Waals surface area contributed by atoms with Crippen molar-refractivity contribution in [3.8, 4) is 0 Å². The molecule has 3 unspecified atom stereocenters. The second kappa shape index (κ2) is 5.18. The van der Waals surface area contributed by atoms with E-state index in [0.29, 0.717) is 19.3 Å². The quantitative estimate of drug-likeness (QED) is 0.699. The Morgan fingerprint density at radius 2 is 2.33 bits per heavy atom. The van der Waals surface area contributed by atoms with Crippen LogP contribution in [0.15, 0.2) is 0 Å². The fourth-order valence-corrected chi connectivity index (χ4v) is 3.08. The standard InChI is InChI=1S/C10H18N2O2S/c11-9-5-14-4-8(9)10(13)12-7-2-1-3-15-6-7/h7-9H,1-6,11H2,(H,12,13). The molecule has 0 aromatic rings. The molecule has 3 atom stereocenters. The van der Waals surface area contributed by atoms with E-state index in [1.807, 2.05) is 11.8 Å². The number of carbonyl (C=O) groups is 1. The first-order valence-electron chi connectivity index (χ1n) is 5.49. The van der Waals surface area contributed by atoms with Crippen LogP contribution in [0.1, 0.15) is 12.8 Å². The molecule has 0 aliphatic carbocycles. The van der Waals surface area contributed by atoms with Crippen molar-refractivity contribution >= 4 is 17.7 Å². The number of thioether (sulfide) groups is 1. The Hall–Kier alpha value is -0.260. The van der Waals surface area contributed by atoms with Crippen molar-refractivity contribution in [2.24, 2.45) is 11.7 Å². The molecule has 0 bridgehead atoms. The summed E-state index contributed by atoms with van der Waals surface area (Å²) in [6.07, 6.45) is 2.30. The molecule has 2 aliphatic heterocycles. The fourth-order valence-electron chi connectivity index (χ4n) is 2.00. The van der Waals surface area contributed by atoms with Crippen LogP contribution in [0.4, 0.5) is 0 Å². The second-order valence-corrected chi connectivity index (χ2v) is 5.38. The molecule has 2 fully saturated rings. The summed E-state index contributed by atoms with van der Waals surface area (Å²) in [6, 6.07) is 0.213. The first-order valence-corrected chi connectivity index (χ1v) is 6.64. The van der Waals surface area contributed by atoms with Gasteiger partial charge in [0.25, 0.3) is 0 Å². The van der Waals surface area contributed by atoms with Crippen molar-refractivity contribution in [3.63, 3.8) is 0 Å². The summed E-state index contributed by atoms with van der Waals surface area (Å²) >= 11 is 1.91. The average molecular weight is 230 g/mol. The maximum absolute atomic E-state index is 11.8. The number of nitrogens with one attached hydrogen (secondary N) is 1. The Balaban J connectivity index is 1.80. The lowest BCUT2D eigenvalue weighted by atomic mass is 10.0. The van der Waals surface area contributed by atoms with E-state index < -0.39 is 0 Å². The first-order chi connectivity index (χ1) is 7.27. The minimum atomic E-state index is -0.142. The van der Waals surface area contributed by atoms with Crippen molar-refractivity contribution in [2.75, 3.05) is 24.7 Å². The molecule has 1 amide bonds.